The smallest absolute Gasteiger partial charge is 0.00619 e. The lowest BCUT2D eigenvalue weighted by molar-refractivity contribution is 0.188. The Morgan fingerprint density at radius 1 is 0.660 bits per heavy atom. The van der Waals surface area contributed by atoms with Crippen molar-refractivity contribution < 1.29 is 0 Å². The van der Waals surface area contributed by atoms with Crippen molar-refractivity contribution in [2.75, 3.05) is 0 Å². The monoisotopic (exact) mass is 671 g/mol. The van der Waals surface area contributed by atoms with Crippen LogP contribution in [-0.4, -0.2) is 0 Å². The number of aryl methyl sites for hydroxylation is 4. The molecule has 7 atom stereocenters. The molecule has 0 saturated heterocycles. The molecule has 0 spiro atoms. The molecule has 2 aromatic rings. The first-order valence-corrected chi connectivity index (χ1v) is 20.8. The van der Waals surface area contributed by atoms with Crippen LogP contribution in [0, 0.1) is 62.2 Å². The first-order chi connectivity index (χ1) is 23.8. The first kappa shape index (κ1) is 37.2. The minimum atomic E-state index is 0.368. The van der Waals surface area contributed by atoms with Crippen LogP contribution in [0.3, 0.4) is 0 Å². The molecular formula is C50H70. The Kier molecular flexibility index (Phi) is 11.0. The number of benzene rings is 2. The van der Waals surface area contributed by atoms with E-state index in [1.54, 1.807) is 27.8 Å². The fourth-order valence-electron chi connectivity index (χ4n) is 11.2. The van der Waals surface area contributed by atoms with Crippen molar-refractivity contribution in [3.05, 3.63) is 117 Å². The zero-order valence-corrected chi connectivity index (χ0v) is 33.8. The van der Waals surface area contributed by atoms with Gasteiger partial charge in [0.2, 0.25) is 0 Å². The molecule has 9 aliphatic rings. The van der Waals surface area contributed by atoms with E-state index in [0.29, 0.717) is 34.5 Å². The van der Waals surface area contributed by atoms with E-state index in [1.165, 1.54) is 80.0 Å². The summed E-state index contributed by atoms with van der Waals surface area (Å²) >= 11 is 0. The molecule has 9 aliphatic carbocycles. The molecule has 0 radical (unpaired) electrons. The second kappa shape index (κ2) is 14.8. The maximum atomic E-state index is 2.56. The van der Waals surface area contributed by atoms with Gasteiger partial charge in [0.25, 0.3) is 0 Å². The molecule has 0 fully saturated rings. The van der Waals surface area contributed by atoms with Gasteiger partial charge >= 0.3 is 0 Å². The number of hydrogen-bond acceptors (Lipinski definition) is 0. The normalized spacial score (nSPS) is 33.4. The lowest BCUT2D eigenvalue weighted by Crippen LogP contribution is -2.37. The van der Waals surface area contributed by atoms with Gasteiger partial charge in [-0.25, -0.2) is 0 Å². The van der Waals surface area contributed by atoms with Gasteiger partial charge in [-0.05, 0) is 135 Å². The van der Waals surface area contributed by atoms with E-state index in [0.717, 1.165) is 23.7 Å². The highest BCUT2D eigenvalue weighted by atomic mass is 14.5. The molecule has 270 valence electrons. The summed E-state index contributed by atoms with van der Waals surface area (Å²) < 4.78 is 0. The Morgan fingerprint density at radius 2 is 1.22 bits per heavy atom. The van der Waals surface area contributed by atoms with Crippen LogP contribution in [0.2, 0.25) is 0 Å². The summed E-state index contributed by atoms with van der Waals surface area (Å²) in [5.74, 6) is 6.17. The first-order valence-electron chi connectivity index (χ1n) is 20.8. The molecule has 0 amide bonds. The zero-order chi connectivity index (χ0) is 36.0. The summed E-state index contributed by atoms with van der Waals surface area (Å²) in [7, 11) is 0. The summed E-state index contributed by atoms with van der Waals surface area (Å²) in [6.45, 7) is 25.6. The third-order valence-electron chi connectivity index (χ3n) is 14.3. The molecule has 0 heteroatoms. The van der Waals surface area contributed by atoms with Crippen LogP contribution in [-0.2, 0) is 0 Å². The van der Waals surface area contributed by atoms with Crippen LogP contribution >= 0.6 is 0 Å². The van der Waals surface area contributed by atoms with E-state index in [4.69, 9.17) is 0 Å². The van der Waals surface area contributed by atoms with Gasteiger partial charge in [0.05, 0.1) is 0 Å². The second-order valence-corrected chi connectivity index (χ2v) is 18.4. The summed E-state index contributed by atoms with van der Waals surface area (Å²) in [4.78, 5) is 0. The van der Waals surface area contributed by atoms with Crippen molar-refractivity contribution in [1.29, 1.82) is 0 Å². The average Bonchev–Trinajstić information content (AvgIpc) is 3.10. The molecule has 0 heterocycles. The Balaban J connectivity index is 0.000000131. The highest BCUT2D eigenvalue weighted by Crippen LogP contribution is 2.56. The average molecular weight is 671 g/mol. The molecule has 0 N–H and O–H groups in total. The zero-order valence-electron chi connectivity index (χ0n) is 33.8. The van der Waals surface area contributed by atoms with Crippen molar-refractivity contribution in [1.82, 2.24) is 0 Å². The van der Waals surface area contributed by atoms with Crippen molar-refractivity contribution in [2.45, 2.75) is 158 Å². The van der Waals surface area contributed by atoms with Gasteiger partial charge in [-0.1, -0.05) is 140 Å². The molecule has 0 saturated carbocycles. The van der Waals surface area contributed by atoms with Crippen LogP contribution in [0.15, 0.2) is 72.4 Å². The molecule has 0 aliphatic heterocycles. The highest BCUT2D eigenvalue weighted by Gasteiger charge is 2.43. The summed E-state index contributed by atoms with van der Waals surface area (Å²) in [5.41, 5.74) is 15.0. The van der Waals surface area contributed by atoms with E-state index in [1.807, 2.05) is 0 Å². The fourth-order valence-corrected chi connectivity index (χ4v) is 11.2. The van der Waals surface area contributed by atoms with Gasteiger partial charge in [0, 0.05) is 34.5 Å². The number of unbranched alkanes of at least 4 members (excludes halogenated alkanes) is 2. The minimum absolute atomic E-state index is 0.368. The van der Waals surface area contributed by atoms with Gasteiger partial charge < -0.3 is 0 Å². The maximum Gasteiger partial charge on any atom is 0.00619 e. The van der Waals surface area contributed by atoms with Crippen LogP contribution in [0.25, 0.3) is 0 Å². The van der Waals surface area contributed by atoms with Crippen LogP contribution in [0.1, 0.15) is 174 Å². The molecule has 50 heavy (non-hydrogen) atoms. The summed E-state index contributed by atoms with van der Waals surface area (Å²) in [5, 5.41) is 0. The molecule has 7 unspecified atom stereocenters. The van der Waals surface area contributed by atoms with Crippen LogP contribution < -0.4 is 0 Å². The van der Waals surface area contributed by atoms with Crippen molar-refractivity contribution in [3.8, 4) is 0 Å². The summed E-state index contributed by atoms with van der Waals surface area (Å²) in [6.07, 6.45) is 29.6. The second-order valence-electron chi connectivity index (χ2n) is 18.4. The standard InChI is InChI=1S/2C18H24.C14H22/c1-10(2)14-9-15-13(5)8-16(14)18-12(4)7-6-11(3)17(15)18;1-4-5-6-14-11-15-9-10-16(14)18-13(3)8-7-12(2)17(15)18;1-4-5-6-12-11-13(2)7-9-14(12,3)10-8-13/h6-8,10,14-16H,9H2,1-5H3;7-10,14-16H,4-6,11H2,1-3H3;7-10,12H,4-6,11H2,1-3H3. The summed E-state index contributed by atoms with van der Waals surface area (Å²) in [6, 6.07) is 9.26. The van der Waals surface area contributed by atoms with Crippen LogP contribution in [0.4, 0.5) is 0 Å². The number of fused-ring (bicyclic) bond motifs is 3. The van der Waals surface area contributed by atoms with Crippen molar-refractivity contribution >= 4 is 0 Å². The predicted molar refractivity (Wildman–Crippen MR) is 218 cm³/mol. The van der Waals surface area contributed by atoms with Gasteiger partial charge in [-0.2, -0.15) is 0 Å². The van der Waals surface area contributed by atoms with Gasteiger partial charge in [-0.3, -0.25) is 0 Å². The molecule has 0 nitrogen and oxygen atoms in total. The van der Waals surface area contributed by atoms with E-state index in [2.05, 4.69) is 143 Å². The van der Waals surface area contributed by atoms with E-state index < -0.39 is 0 Å². The molecular weight excluding hydrogens is 601 g/mol. The Morgan fingerprint density at radius 3 is 1.82 bits per heavy atom. The van der Waals surface area contributed by atoms with Crippen LogP contribution in [0.5, 0.6) is 0 Å². The van der Waals surface area contributed by atoms with Crippen molar-refractivity contribution in [2.24, 2.45) is 34.5 Å². The topological polar surface area (TPSA) is 0 Å². The minimum Gasteiger partial charge on any atom is -0.0804 e. The highest BCUT2D eigenvalue weighted by molar-refractivity contribution is 5.55. The quantitative estimate of drug-likeness (QED) is 0.257. The SMILES string of the molecule is CC1=CC2c3c(C)ccc(C)c3C1CC2C(C)C.CCCCC1CC2(C)C=CC1(C)C=C2.CCCCC1CC2C=CC1c1c(C)ccc(C)c12. The molecule has 11 rings (SSSR count). The number of hydrogen-bond donors (Lipinski definition) is 0. The molecule has 6 bridgehead atoms. The Labute approximate surface area is 308 Å². The Hall–Kier alpha value is -2.60. The number of rotatable bonds is 7. The fraction of sp³-hybridized carbons (Fsp3) is 0.600. The predicted octanol–water partition coefficient (Wildman–Crippen LogP) is 14.7. The van der Waals surface area contributed by atoms with E-state index in [9.17, 15) is 0 Å². The van der Waals surface area contributed by atoms with E-state index in [-0.39, 0.29) is 0 Å². The molecule has 0 aromatic heterocycles. The largest absolute Gasteiger partial charge is 0.0804 e. The van der Waals surface area contributed by atoms with Gasteiger partial charge in [0.1, 0.15) is 0 Å². The lowest BCUT2D eigenvalue weighted by Gasteiger charge is -2.47. The molecule has 2 aromatic carbocycles. The third kappa shape index (κ3) is 6.96. The number of allylic oxidation sites excluding steroid dienone is 8. The Bertz CT molecular complexity index is 1640. The lowest BCUT2D eigenvalue weighted by atomic mass is 9.58. The maximum absolute atomic E-state index is 2.56. The van der Waals surface area contributed by atoms with Gasteiger partial charge in [0.15, 0.2) is 0 Å². The van der Waals surface area contributed by atoms with Crippen molar-refractivity contribution in [3.63, 3.8) is 0 Å². The van der Waals surface area contributed by atoms with Gasteiger partial charge in [-0.15, -0.1) is 0 Å². The van der Waals surface area contributed by atoms with E-state index >= 15 is 0 Å². The third-order valence-corrected chi connectivity index (χ3v) is 14.3.